The molecule has 0 saturated carbocycles. The maximum absolute atomic E-state index is 12.7. The second-order valence-electron chi connectivity index (χ2n) is 6.95. The van der Waals surface area contributed by atoms with Crippen molar-refractivity contribution in [2.24, 2.45) is 0 Å². The Bertz CT molecular complexity index is 1180. The first-order chi connectivity index (χ1) is 15.7. The van der Waals surface area contributed by atoms with Gasteiger partial charge in [0, 0.05) is 24.5 Å². The van der Waals surface area contributed by atoms with Crippen molar-refractivity contribution in [3.63, 3.8) is 0 Å². The van der Waals surface area contributed by atoms with Crippen molar-refractivity contribution in [1.82, 2.24) is 10.3 Å². The number of hydrogen-bond donors (Lipinski definition) is 2. The number of nitrogens with zero attached hydrogens (tertiary/aromatic N) is 1. The van der Waals surface area contributed by atoms with Crippen molar-refractivity contribution in [3.8, 4) is 5.75 Å². The molecule has 0 spiro atoms. The predicted molar refractivity (Wildman–Crippen MR) is 125 cm³/mol. The molecule has 2 aromatic heterocycles. The van der Waals surface area contributed by atoms with Crippen LogP contribution in [0, 0.1) is 0 Å². The Labute approximate surface area is 189 Å². The Kier molecular flexibility index (Phi) is 6.89. The highest BCUT2D eigenvalue weighted by Crippen LogP contribution is 2.23. The maximum Gasteiger partial charge on any atom is 0.263 e. The smallest absolute Gasteiger partial charge is 0.263 e. The van der Waals surface area contributed by atoms with E-state index in [1.54, 1.807) is 36.0 Å². The zero-order valence-corrected chi connectivity index (χ0v) is 18.0. The van der Waals surface area contributed by atoms with Crippen molar-refractivity contribution < 1.29 is 14.3 Å². The fraction of sp³-hybridized carbons (Fsp3) is 0.0800. The van der Waals surface area contributed by atoms with Crippen LogP contribution in [0.3, 0.4) is 0 Å². The first-order valence-corrected chi connectivity index (χ1v) is 10.9. The number of thiophene rings is 1. The highest BCUT2D eigenvalue weighted by molar-refractivity contribution is 7.12. The number of amides is 2. The summed E-state index contributed by atoms with van der Waals surface area (Å²) in [7, 11) is 0. The zero-order chi connectivity index (χ0) is 22.2. The van der Waals surface area contributed by atoms with Crippen LogP contribution in [-0.2, 0) is 13.2 Å². The number of pyridine rings is 1. The van der Waals surface area contributed by atoms with Crippen molar-refractivity contribution in [2.45, 2.75) is 13.2 Å². The maximum atomic E-state index is 12.7. The van der Waals surface area contributed by atoms with Crippen LogP contribution in [0.25, 0.3) is 0 Å². The Morgan fingerprint density at radius 2 is 1.56 bits per heavy atom. The second-order valence-corrected chi connectivity index (χ2v) is 7.87. The highest BCUT2D eigenvalue weighted by Gasteiger charge is 2.16. The quantitative estimate of drug-likeness (QED) is 0.406. The molecule has 0 saturated heterocycles. The van der Waals surface area contributed by atoms with Crippen LogP contribution in [-0.4, -0.2) is 16.8 Å². The lowest BCUT2D eigenvalue weighted by Gasteiger charge is -2.09. The molecule has 4 rings (SSSR count). The first kappa shape index (κ1) is 21.3. The van der Waals surface area contributed by atoms with Gasteiger partial charge >= 0.3 is 0 Å². The van der Waals surface area contributed by atoms with Gasteiger partial charge in [-0.1, -0.05) is 42.5 Å². The van der Waals surface area contributed by atoms with Crippen LogP contribution in [0.5, 0.6) is 5.75 Å². The Morgan fingerprint density at radius 3 is 2.31 bits per heavy atom. The van der Waals surface area contributed by atoms with Gasteiger partial charge in [-0.05, 0) is 46.8 Å². The normalized spacial score (nSPS) is 10.4. The summed E-state index contributed by atoms with van der Waals surface area (Å²) in [6, 6.07) is 22.5. The molecular formula is C25H21N3O3S. The number of nitrogens with one attached hydrogen (secondary N) is 2. The zero-order valence-electron chi connectivity index (χ0n) is 17.2. The van der Waals surface area contributed by atoms with Crippen molar-refractivity contribution >= 4 is 28.8 Å². The summed E-state index contributed by atoms with van der Waals surface area (Å²) in [6.07, 6.45) is 3.10. The molecule has 0 bridgehead atoms. The SMILES string of the molecule is O=C(Nc1ccsc1C(=O)NCc1ccc(COc2ccccc2)cc1)c1ccncc1. The molecule has 32 heavy (non-hydrogen) atoms. The molecule has 0 aliphatic heterocycles. The van der Waals surface area contributed by atoms with E-state index < -0.39 is 0 Å². The minimum Gasteiger partial charge on any atom is -0.489 e. The number of anilines is 1. The number of rotatable bonds is 8. The average Bonchev–Trinajstić information content (AvgIpc) is 3.31. The molecule has 0 aliphatic rings. The minimum absolute atomic E-state index is 0.235. The summed E-state index contributed by atoms with van der Waals surface area (Å²) >= 11 is 1.28. The molecule has 7 heteroatoms. The number of ether oxygens (including phenoxy) is 1. The number of carbonyl (C=O) groups is 2. The number of para-hydroxylation sites is 1. The summed E-state index contributed by atoms with van der Waals surface area (Å²) < 4.78 is 5.75. The molecule has 2 amide bonds. The molecule has 0 aliphatic carbocycles. The highest BCUT2D eigenvalue weighted by atomic mass is 32.1. The molecule has 0 fully saturated rings. The Hall–Kier alpha value is -3.97. The van der Waals surface area contributed by atoms with E-state index in [9.17, 15) is 9.59 Å². The van der Waals surface area contributed by atoms with E-state index in [1.165, 1.54) is 11.3 Å². The lowest BCUT2D eigenvalue weighted by atomic mass is 10.1. The molecule has 0 radical (unpaired) electrons. The minimum atomic E-state index is -0.284. The largest absolute Gasteiger partial charge is 0.489 e. The molecular weight excluding hydrogens is 422 g/mol. The fourth-order valence-electron chi connectivity index (χ4n) is 2.98. The van der Waals surface area contributed by atoms with Crippen molar-refractivity contribution in [1.29, 1.82) is 0 Å². The monoisotopic (exact) mass is 443 g/mol. The van der Waals surface area contributed by atoms with Gasteiger partial charge in [-0.2, -0.15) is 0 Å². The summed E-state index contributed by atoms with van der Waals surface area (Å²) in [5.74, 6) is 0.307. The van der Waals surface area contributed by atoms with Gasteiger partial charge in [-0.25, -0.2) is 0 Å². The van der Waals surface area contributed by atoms with Crippen LogP contribution < -0.4 is 15.4 Å². The van der Waals surface area contributed by atoms with Gasteiger partial charge in [0.1, 0.15) is 17.2 Å². The van der Waals surface area contributed by atoms with Crippen LogP contribution in [0.15, 0.2) is 90.6 Å². The first-order valence-electron chi connectivity index (χ1n) is 10.0. The molecule has 2 aromatic carbocycles. The van der Waals surface area contributed by atoms with E-state index in [0.717, 1.165) is 16.9 Å². The standard InChI is InChI=1S/C25H21N3O3S/c29-24(20-10-13-26-14-11-20)28-22-12-15-32-23(22)25(30)27-16-18-6-8-19(9-7-18)17-31-21-4-2-1-3-5-21/h1-15H,16-17H2,(H,27,30)(H,28,29). The van der Waals surface area contributed by atoms with E-state index >= 15 is 0 Å². The summed E-state index contributed by atoms with van der Waals surface area (Å²) in [6.45, 7) is 0.862. The summed E-state index contributed by atoms with van der Waals surface area (Å²) in [4.78, 5) is 29.4. The van der Waals surface area contributed by atoms with Crippen LogP contribution in [0.1, 0.15) is 31.2 Å². The van der Waals surface area contributed by atoms with Crippen LogP contribution >= 0.6 is 11.3 Å². The topological polar surface area (TPSA) is 80.3 Å². The molecule has 0 atom stereocenters. The molecule has 160 valence electrons. The average molecular weight is 444 g/mol. The van der Waals surface area contributed by atoms with Crippen molar-refractivity contribution in [2.75, 3.05) is 5.32 Å². The molecule has 2 heterocycles. The Morgan fingerprint density at radius 1 is 0.844 bits per heavy atom. The van der Waals surface area contributed by atoms with Crippen LogP contribution in [0.2, 0.25) is 0 Å². The molecule has 2 N–H and O–H groups in total. The van der Waals surface area contributed by atoms with Gasteiger partial charge in [0.25, 0.3) is 11.8 Å². The van der Waals surface area contributed by atoms with E-state index in [2.05, 4.69) is 15.6 Å². The van der Waals surface area contributed by atoms with Crippen LogP contribution in [0.4, 0.5) is 5.69 Å². The fourth-order valence-corrected chi connectivity index (χ4v) is 3.75. The lowest BCUT2D eigenvalue weighted by molar-refractivity contribution is 0.0955. The summed E-state index contributed by atoms with van der Waals surface area (Å²) in [5.41, 5.74) is 2.99. The third-order valence-corrected chi connectivity index (χ3v) is 5.60. The number of carbonyl (C=O) groups excluding carboxylic acids is 2. The van der Waals surface area contributed by atoms with Gasteiger partial charge in [-0.15, -0.1) is 11.3 Å². The number of hydrogen-bond acceptors (Lipinski definition) is 5. The third-order valence-electron chi connectivity index (χ3n) is 4.69. The van der Waals surface area contributed by atoms with Gasteiger partial charge in [0.05, 0.1) is 5.69 Å². The predicted octanol–water partition coefficient (Wildman–Crippen LogP) is 4.90. The molecule has 6 nitrogen and oxygen atoms in total. The van der Waals surface area contributed by atoms with E-state index in [4.69, 9.17) is 4.74 Å². The van der Waals surface area contributed by atoms with Gasteiger partial charge in [-0.3, -0.25) is 14.6 Å². The van der Waals surface area contributed by atoms with Crippen molar-refractivity contribution in [3.05, 3.63) is 112 Å². The third kappa shape index (κ3) is 5.59. The number of benzene rings is 2. The van der Waals surface area contributed by atoms with Gasteiger partial charge in [0.15, 0.2) is 0 Å². The molecule has 0 unspecified atom stereocenters. The molecule has 4 aromatic rings. The van der Waals surface area contributed by atoms with Gasteiger partial charge < -0.3 is 15.4 Å². The van der Waals surface area contributed by atoms with E-state index in [-0.39, 0.29) is 11.8 Å². The second kappa shape index (κ2) is 10.4. The summed E-state index contributed by atoms with van der Waals surface area (Å²) in [5, 5.41) is 7.48. The van der Waals surface area contributed by atoms with Gasteiger partial charge in [0.2, 0.25) is 0 Å². The van der Waals surface area contributed by atoms with E-state index in [1.807, 2.05) is 54.6 Å². The van der Waals surface area contributed by atoms with E-state index in [0.29, 0.717) is 29.3 Å². The Balaban J connectivity index is 1.30. The lowest BCUT2D eigenvalue weighted by Crippen LogP contribution is -2.23. The number of aromatic nitrogens is 1.